The van der Waals surface area contributed by atoms with Crippen molar-refractivity contribution in [2.45, 2.75) is 124 Å². The summed E-state index contributed by atoms with van der Waals surface area (Å²) < 4.78 is 5.70. The smallest absolute Gasteiger partial charge is 0.338 e. The Bertz CT molecular complexity index is 1230. The molecule has 2 unspecified atom stereocenters. The predicted octanol–water partition coefficient (Wildman–Crippen LogP) is 11.2. The lowest BCUT2D eigenvalue weighted by atomic mass is 9.89. The molecule has 0 spiro atoms. The van der Waals surface area contributed by atoms with Crippen LogP contribution in [0, 0.1) is 5.92 Å². The van der Waals surface area contributed by atoms with Gasteiger partial charge in [-0.05, 0) is 72.9 Å². The number of Topliss-reactive ketones (excluding diaryl/α,β-unsaturated/α-hetero) is 1. The fraction of sp³-hybridized carbons (Fsp3) is 0.500. The van der Waals surface area contributed by atoms with Gasteiger partial charge in [0, 0.05) is 5.56 Å². The molecule has 232 valence electrons. The average Bonchev–Trinajstić information content (AvgIpc) is 3.04. The largest absolute Gasteiger partial charge is 0.451 e. The molecule has 0 heterocycles. The van der Waals surface area contributed by atoms with Gasteiger partial charge in [-0.3, -0.25) is 4.79 Å². The van der Waals surface area contributed by atoms with Gasteiger partial charge in [-0.25, -0.2) is 4.79 Å². The Morgan fingerprint density at radius 1 is 0.674 bits per heavy atom. The van der Waals surface area contributed by atoms with E-state index in [9.17, 15) is 9.59 Å². The van der Waals surface area contributed by atoms with Crippen LogP contribution in [0.4, 0.5) is 0 Å². The molecule has 3 nitrogen and oxygen atoms in total. The third kappa shape index (κ3) is 11.4. The second-order valence-electron chi connectivity index (χ2n) is 12.2. The highest BCUT2D eigenvalue weighted by atomic mass is 16.5. The number of esters is 1. The van der Waals surface area contributed by atoms with Crippen LogP contribution in [0.2, 0.25) is 0 Å². The van der Waals surface area contributed by atoms with Crippen LogP contribution in [-0.2, 0) is 17.6 Å². The van der Waals surface area contributed by atoms with Crippen molar-refractivity contribution in [1.29, 1.82) is 0 Å². The van der Waals surface area contributed by atoms with E-state index < -0.39 is 12.1 Å². The molecule has 0 radical (unpaired) electrons. The van der Waals surface area contributed by atoms with Crippen molar-refractivity contribution in [3.8, 4) is 11.1 Å². The zero-order valence-electron chi connectivity index (χ0n) is 27.2. The highest BCUT2D eigenvalue weighted by Gasteiger charge is 2.21. The Morgan fingerprint density at radius 3 is 2.02 bits per heavy atom. The second-order valence-corrected chi connectivity index (χ2v) is 12.2. The summed E-state index contributed by atoms with van der Waals surface area (Å²) in [6.45, 7) is 8.42. The molecule has 0 bridgehead atoms. The molecule has 0 aliphatic carbocycles. The van der Waals surface area contributed by atoms with Crippen LogP contribution in [0.1, 0.15) is 137 Å². The summed E-state index contributed by atoms with van der Waals surface area (Å²) in [5.74, 6) is 0.135. The highest BCUT2D eigenvalue weighted by Crippen LogP contribution is 2.28. The minimum atomic E-state index is -0.849. The SMILES string of the molecule is CCCCCCCCC(CC)CCCc1cc(C(=O)OC(C)C(=O)c2ccc(CCCC)cc2)ccc1-c1ccccc1. The van der Waals surface area contributed by atoms with Crippen molar-refractivity contribution in [2.75, 3.05) is 0 Å². The lowest BCUT2D eigenvalue weighted by Gasteiger charge is -2.17. The van der Waals surface area contributed by atoms with Crippen LogP contribution in [0.15, 0.2) is 72.8 Å². The molecular formula is C40H54O3. The number of benzene rings is 3. The summed E-state index contributed by atoms with van der Waals surface area (Å²) in [5, 5.41) is 0. The van der Waals surface area contributed by atoms with E-state index in [1.807, 2.05) is 48.5 Å². The fourth-order valence-corrected chi connectivity index (χ4v) is 5.91. The summed E-state index contributed by atoms with van der Waals surface area (Å²) in [7, 11) is 0. The van der Waals surface area contributed by atoms with Gasteiger partial charge < -0.3 is 4.74 Å². The molecule has 0 fully saturated rings. The number of aryl methyl sites for hydroxylation is 2. The molecule has 43 heavy (non-hydrogen) atoms. The van der Waals surface area contributed by atoms with Gasteiger partial charge in [0.1, 0.15) is 0 Å². The number of unbranched alkanes of at least 4 members (excludes halogenated alkanes) is 6. The van der Waals surface area contributed by atoms with Gasteiger partial charge >= 0.3 is 5.97 Å². The molecule has 3 rings (SSSR count). The molecule has 0 saturated carbocycles. The van der Waals surface area contributed by atoms with Gasteiger partial charge in [-0.1, -0.05) is 146 Å². The zero-order chi connectivity index (χ0) is 30.9. The van der Waals surface area contributed by atoms with Crippen molar-refractivity contribution in [3.63, 3.8) is 0 Å². The monoisotopic (exact) mass is 582 g/mol. The third-order valence-corrected chi connectivity index (χ3v) is 8.74. The predicted molar refractivity (Wildman–Crippen MR) is 181 cm³/mol. The Hall–Kier alpha value is -3.20. The number of ketones is 1. The molecule has 0 saturated heterocycles. The number of hydrogen-bond acceptors (Lipinski definition) is 3. The molecule has 0 aliphatic rings. The van der Waals surface area contributed by atoms with Crippen molar-refractivity contribution < 1.29 is 14.3 Å². The Morgan fingerprint density at radius 2 is 1.33 bits per heavy atom. The van der Waals surface area contributed by atoms with E-state index in [2.05, 4.69) is 45.0 Å². The summed E-state index contributed by atoms with van der Waals surface area (Å²) in [5.41, 5.74) is 5.78. The topological polar surface area (TPSA) is 43.4 Å². The van der Waals surface area contributed by atoms with Crippen molar-refractivity contribution >= 4 is 11.8 Å². The lowest BCUT2D eigenvalue weighted by molar-refractivity contribution is 0.0318. The van der Waals surface area contributed by atoms with Crippen LogP contribution in [0.5, 0.6) is 0 Å². The first-order chi connectivity index (χ1) is 21.0. The minimum absolute atomic E-state index is 0.174. The molecule has 3 heteroatoms. The first-order valence-electron chi connectivity index (χ1n) is 17.0. The highest BCUT2D eigenvalue weighted by molar-refractivity contribution is 6.01. The number of ether oxygens (including phenoxy) is 1. The maximum Gasteiger partial charge on any atom is 0.338 e. The van der Waals surface area contributed by atoms with Crippen LogP contribution < -0.4 is 0 Å². The molecule has 0 aromatic heterocycles. The van der Waals surface area contributed by atoms with Gasteiger partial charge in [0.15, 0.2) is 6.10 Å². The van der Waals surface area contributed by atoms with Gasteiger partial charge in [-0.2, -0.15) is 0 Å². The Balaban J connectivity index is 1.64. The van der Waals surface area contributed by atoms with E-state index in [4.69, 9.17) is 4.74 Å². The molecule has 3 aromatic rings. The van der Waals surface area contributed by atoms with Gasteiger partial charge in [0.25, 0.3) is 0 Å². The maximum atomic E-state index is 13.2. The number of rotatable bonds is 20. The lowest BCUT2D eigenvalue weighted by Crippen LogP contribution is -2.24. The number of carbonyl (C=O) groups is 2. The molecule has 2 atom stereocenters. The fourth-order valence-electron chi connectivity index (χ4n) is 5.91. The van der Waals surface area contributed by atoms with E-state index in [1.54, 1.807) is 6.92 Å². The second kappa shape index (κ2) is 19.2. The minimum Gasteiger partial charge on any atom is -0.451 e. The van der Waals surface area contributed by atoms with E-state index in [0.29, 0.717) is 11.1 Å². The standard InChI is InChI=1S/C40H54O3/c1-5-8-10-11-12-14-19-32(7-3)20-17-23-36-30-37(28-29-38(36)34-21-15-13-16-22-34)40(42)43-31(4)39(41)35-26-24-33(25-27-35)18-9-6-2/h13,15-16,21-22,24-32H,5-12,14,17-20,23H2,1-4H3. The normalized spacial score (nSPS) is 12.6. The number of hydrogen-bond donors (Lipinski definition) is 0. The van der Waals surface area contributed by atoms with Gasteiger partial charge in [-0.15, -0.1) is 0 Å². The van der Waals surface area contributed by atoms with Crippen LogP contribution in [-0.4, -0.2) is 17.9 Å². The van der Waals surface area contributed by atoms with Crippen LogP contribution >= 0.6 is 0 Å². The summed E-state index contributed by atoms with van der Waals surface area (Å²) in [6.07, 6.45) is 16.2. The molecular weight excluding hydrogens is 528 g/mol. The Kier molecular flexibility index (Phi) is 15.3. The van der Waals surface area contributed by atoms with Crippen molar-refractivity contribution in [2.24, 2.45) is 5.92 Å². The van der Waals surface area contributed by atoms with E-state index in [1.165, 1.54) is 63.4 Å². The summed E-state index contributed by atoms with van der Waals surface area (Å²) >= 11 is 0. The maximum absolute atomic E-state index is 13.2. The average molecular weight is 583 g/mol. The van der Waals surface area contributed by atoms with Crippen LogP contribution in [0.25, 0.3) is 11.1 Å². The van der Waals surface area contributed by atoms with Crippen LogP contribution in [0.3, 0.4) is 0 Å². The zero-order valence-corrected chi connectivity index (χ0v) is 27.2. The molecule has 3 aromatic carbocycles. The molecule has 0 N–H and O–H groups in total. The van der Waals surface area contributed by atoms with Crippen molar-refractivity contribution in [1.82, 2.24) is 0 Å². The first-order valence-corrected chi connectivity index (χ1v) is 17.0. The molecule has 0 aliphatic heterocycles. The van der Waals surface area contributed by atoms with Gasteiger partial charge in [0.05, 0.1) is 5.56 Å². The molecule has 0 amide bonds. The summed E-state index contributed by atoms with van der Waals surface area (Å²) in [4.78, 5) is 26.3. The van der Waals surface area contributed by atoms with Crippen molar-refractivity contribution in [3.05, 3.63) is 95.1 Å². The summed E-state index contributed by atoms with van der Waals surface area (Å²) in [6, 6.07) is 23.9. The van der Waals surface area contributed by atoms with E-state index in [0.717, 1.165) is 54.7 Å². The van der Waals surface area contributed by atoms with E-state index >= 15 is 0 Å². The Labute approximate surface area is 261 Å². The van der Waals surface area contributed by atoms with Gasteiger partial charge in [0.2, 0.25) is 5.78 Å². The third-order valence-electron chi connectivity index (χ3n) is 8.74. The first kappa shape index (κ1) is 34.3. The van der Waals surface area contributed by atoms with E-state index in [-0.39, 0.29) is 5.78 Å². The number of carbonyl (C=O) groups excluding carboxylic acids is 2. The quantitative estimate of drug-likeness (QED) is 0.0756.